The second-order valence-electron chi connectivity index (χ2n) is 11.1. The molecule has 1 spiro atoms. The maximum atomic E-state index is 12.9. The minimum atomic E-state index is -0.452. The molecule has 4 heterocycles. The van der Waals surface area contributed by atoms with E-state index in [2.05, 4.69) is 45.7 Å². The number of aromatic nitrogens is 1. The summed E-state index contributed by atoms with van der Waals surface area (Å²) >= 11 is 0. The van der Waals surface area contributed by atoms with Crippen LogP contribution in [0.15, 0.2) is 31.0 Å². The third-order valence-electron chi connectivity index (χ3n) is 9.06. The van der Waals surface area contributed by atoms with E-state index in [1.165, 1.54) is 0 Å². The average molecular weight is 493 g/mol. The highest BCUT2D eigenvalue weighted by atomic mass is 16.5. The second kappa shape index (κ2) is 9.10. The van der Waals surface area contributed by atoms with Gasteiger partial charge < -0.3 is 24.8 Å². The van der Waals surface area contributed by atoms with Crippen LogP contribution in [0.4, 0.5) is 11.5 Å². The van der Waals surface area contributed by atoms with Crippen LogP contribution in [0.25, 0.3) is 16.8 Å². The Morgan fingerprint density at radius 1 is 1.17 bits per heavy atom. The van der Waals surface area contributed by atoms with Crippen LogP contribution in [0, 0.1) is 11.3 Å². The molecular weight excluding hydrogens is 456 g/mol. The van der Waals surface area contributed by atoms with E-state index in [1.807, 2.05) is 18.3 Å². The van der Waals surface area contributed by atoms with Crippen molar-refractivity contribution in [2.75, 3.05) is 62.8 Å². The quantitative estimate of drug-likeness (QED) is 0.664. The summed E-state index contributed by atoms with van der Waals surface area (Å²) in [5, 5.41) is 15.6. The Hall–Kier alpha value is -2.52. The molecule has 4 fully saturated rings. The van der Waals surface area contributed by atoms with Crippen LogP contribution in [0.2, 0.25) is 0 Å². The first-order valence-electron chi connectivity index (χ1n) is 13.1. The average Bonchev–Trinajstić information content (AvgIpc) is 3.48. The summed E-state index contributed by atoms with van der Waals surface area (Å²) in [6.07, 6.45) is 6.18. The van der Waals surface area contributed by atoms with E-state index in [0.29, 0.717) is 19.0 Å². The summed E-state index contributed by atoms with van der Waals surface area (Å²) < 4.78 is 11.0. The molecule has 192 valence electrons. The van der Waals surface area contributed by atoms with Gasteiger partial charge in [-0.25, -0.2) is 4.98 Å². The van der Waals surface area contributed by atoms with E-state index in [9.17, 15) is 9.90 Å². The minimum absolute atomic E-state index is 0.0690. The largest absolute Gasteiger partial charge is 0.389 e. The number of benzene rings is 1. The number of nitrogens with zero attached hydrogens (tertiary/aromatic N) is 3. The number of carbonyl (C=O) groups excluding carboxylic acids is 1. The predicted octanol–water partition coefficient (Wildman–Crippen LogP) is 2.90. The van der Waals surface area contributed by atoms with Crippen molar-refractivity contribution < 1.29 is 19.4 Å². The van der Waals surface area contributed by atoms with E-state index >= 15 is 0 Å². The molecule has 4 aliphatic rings. The van der Waals surface area contributed by atoms with Gasteiger partial charge in [-0.1, -0.05) is 12.7 Å². The van der Waals surface area contributed by atoms with Crippen LogP contribution in [0.5, 0.6) is 0 Å². The Balaban J connectivity index is 1.18. The molecule has 0 bridgehead atoms. The fourth-order valence-electron chi connectivity index (χ4n) is 6.38. The number of aliphatic hydroxyl groups is 1. The fourth-order valence-corrected chi connectivity index (χ4v) is 6.38. The Morgan fingerprint density at radius 3 is 2.64 bits per heavy atom. The molecule has 3 atom stereocenters. The number of carbonyl (C=O) groups is 1. The van der Waals surface area contributed by atoms with Gasteiger partial charge in [0.2, 0.25) is 5.91 Å². The molecule has 3 saturated heterocycles. The number of ether oxygens (including phenoxy) is 2. The van der Waals surface area contributed by atoms with E-state index in [1.54, 1.807) is 0 Å². The normalized spacial score (nSPS) is 30.0. The molecule has 8 heteroatoms. The molecule has 1 aromatic carbocycles. The first-order valence-corrected chi connectivity index (χ1v) is 13.1. The van der Waals surface area contributed by atoms with Gasteiger partial charge in [-0.15, -0.1) is 0 Å². The van der Waals surface area contributed by atoms with Crippen molar-refractivity contribution in [3.8, 4) is 0 Å². The Kier molecular flexibility index (Phi) is 6.03. The van der Waals surface area contributed by atoms with E-state index < -0.39 is 6.10 Å². The second-order valence-corrected chi connectivity index (χ2v) is 11.1. The lowest BCUT2D eigenvalue weighted by Gasteiger charge is -2.45. The summed E-state index contributed by atoms with van der Waals surface area (Å²) in [5.74, 6) is 0.751. The zero-order valence-electron chi connectivity index (χ0n) is 21.0. The monoisotopic (exact) mass is 492 g/mol. The van der Waals surface area contributed by atoms with Gasteiger partial charge in [-0.05, 0) is 60.7 Å². The first kappa shape index (κ1) is 23.9. The molecule has 2 N–H and O–H groups in total. The van der Waals surface area contributed by atoms with Gasteiger partial charge in [0.1, 0.15) is 5.82 Å². The van der Waals surface area contributed by atoms with E-state index in [4.69, 9.17) is 9.47 Å². The SMILES string of the molecule is C=Cc1cc2cnc(NC(=O)[C@H]3CC34CCOCC4)cc2cc1N1CCN([C@@]2(C)COC[C@H]2O)CC1. The van der Waals surface area contributed by atoms with Gasteiger partial charge in [0.05, 0.1) is 24.9 Å². The summed E-state index contributed by atoms with van der Waals surface area (Å²) in [7, 11) is 0. The number of nitrogens with one attached hydrogen (secondary N) is 1. The molecule has 2 aromatic rings. The molecule has 1 amide bonds. The minimum Gasteiger partial charge on any atom is -0.389 e. The number of amides is 1. The standard InChI is InChI=1S/C28H36N4O4/c1-3-19-12-21-16-29-25(30-26(34)22-15-28(22)4-10-35-11-5-28)14-20(21)13-23(19)31-6-8-32(9-7-31)27(2)18-36-17-24(27)33/h3,12-14,16,22,24,33H,1,4-11,15,17-18H2,2H3,(H,29,30,34)/t22-,24-,27+/m1/s1. The van der Waals surface area contributed by atoms with Crippen LogP contribution in [0.1, 0.15) is 31.7 Å². The topological polar surface area (TPSA) is 87.2 Å². The maximum absolute atomic E-state index is 12.9. The zero-order chi connectivity index (χ0) is 24.9. The summed E-state index contributed by atoms with van der Waals surface area (Å²) in [6.45, 7) is 12.1. The number of hydrogen-bond donors (Lipinski definition) is 2. The lowest BCUT2D eigenvalue weighted by molar-refractivity contribution is -0.118. The van der Waals surface area contributed by atoms with Gasteiger partial charge in [-0.3, -0.25) is 9.69 Å². The lowest BCUT2D eigenvalue weighted by atomic mass is 9.93. The lowest BCUT2D eigenvalue weighted by Crippen LogP contribution is -2.60. The van der Waals surface area contributed by atoms with Crippen LogP contribution >= 0.6 is 0 Å². The summed E-state index contributed by atoms with van der Waals surface area (Å²) in [6, 6.07) is 6.29. The van der Waals surface area contributed by atoms with Crippen LogP contribution in [-0.2, 0) is 14.3 Å². The number of hydrogen-bond acceptors (Lipinski definition) is 7. The molecular formula is C28H36N4O4. The van der Waals surface area contributed by atoms with E-state index in [-0.39, 0.29) is 22.8 Å². The number of rotatable bonds is 5. The van der Waals surface area contributed by atoms with Gasteiger partial charge in [0.15, 0.2) is 0 Å². The molecule has 6 rings (SSSR count). The molecule has 1 aromatic heterocycles. The van der Waals surface area contributed by atoms with E-state index in [0.717, 1.165) is 80.7 Å². The van der Waals surface area contributed by atoms with Crippen LogP contribution < -0.4 is 10.2 Å². The van der Waals surface area contributed by atoms with Crippen molar-refractivity contribution in [2.24, 2.45) is 11.3 Å². The highest BCUT2D eigenvalue weighted by Crippen LogP contribution is 2.59. The number of piperazine rings is 1. The van der Waals surface area contributed by atoms with Crippen molar-refractivity contribution in [1.29, 1.82) is 0 Å². The van der Waals surface area contributed by atoms with Crippen molar-refractivity contribution in [2.45, 2.75) is 37.8 Å². The smallest absolute Gasteiger partial charge is 0.229 e. The molecule has 8 nitrogen and oxygen atoms in total. The van der Waals surface area contributed by atoms with Crippen LogP contribution in [-0.4, -0.2) is 85.1 Å². The summed E-state index contributed by atoms with van der Waals surface area (Å²) in [5.41, 5.74) is 2.03. The van der Waals surface area contributed by atoms with Crippen LogP contribution in [0.3, 0.4) is 0 Å². The van der Waals surface area contributed by atoms with Gasteiger partial charge in [0.25, 0.3) is 0 Å². The van der Waals surface area contributed by atoms with Crippen molar-refractivity contribution in [3.63, 3.8) is 0 Å². The first-order chi connectivity index (χ1) is 17.4. The van der Waals surface area contributed by atoms with Gasteiger partial charge in [0, 0.05) is 62.6 Å². The zero-order valence-corrected chi connectivity index (χ0v) is 21.0. The molecule has 1 aliphatic carbocycles. The Labute approximate surface area is 212 Å². The van der Waals surface area contributed by atoms with Crippen molar-refractivity contribution in [3.05, 3.63) is 36.5 Å². The highest BCUT2D eigenvalue weighted by Gasteiger charge is 2.58. The number of fused-ring (bicyclic) bond motifs is 1. The maximum Gasteiger partial charge on any atom is 0.229 e. The third kappa shape index (κ3) is 4.10. The molecule has 36 heavy (non-hydrogen) atoms. The molecule has 3 aliphatic heterocycles. The Morgan fingerprint density at radius 2 is 1.94 bits per heavy atom. The van der Waals surface area contributed by atoms with Crippen molar-refractivity contribution in [1.82, 2.24) is 9.88 Å². The van der Waals surface area contributed by atoms with Crippen molar-refractivity contribution >= 4 is 34.3 Å². The molecule has 1 saturated carbocycles. The number of anilines is 2. The summed E-state index contributed by atoms with van der Waals surface area (Å²) in [4.78, 5) is 22.2. The fraction of sp³-hybridized carbons (Fsp3) is 0.571. The van der Waals surface area contributed by atoms with Gasteiger partial charge >= 0.3 is 0 Å². The highest BCUT2D eigenvalue weighted by molar-refractivity contribution is 5.97. The Bertz CT molecular complexity index is 1170. The molecule has 0 radical (unpaired) electrons. The number of aliphatic hydroxyl groups excluding tert-OH is 1. The van der Waals surface area contributed by atoms with Gasteiger partial charge in [-0.2, -0.15) is 0 Å². The predicted molar refractivity (Wildman–Crippen MR) is 140 cm³/mol. The molecule has 0 unspecified atom stereocenters. The third-order valence-corrected chi connectivity index (χ3v) is 9.06. The number of pyridine rings is 1.